The minimum atomic E-state index is 0.100. The van der Waals surface area contributed by atoms with Crippen LogP contribution in [0.1, 0.15) is 12.8 Å². The highest BCUT2D eigenvalue weighted by Crippen LogP contribution is 2.24. The number of piperazine rings is 1. The highest BCUT2D eigenvalue weighted by atomic mass is 16.3. The lowest BCUT2D eigenvalue weighted by Crippen LogP contribution is -2.43. The Bertz CT molecular complexity index is 291. The number of nitrogens with one attached hydrogen (secondary N) is 1. The zero-order valence-electron chi connectivity index (χ0n) is 8.87. The minimum absolute atomic E-state index is 0.100. The normalized spacial score (nSPS) is 23.0. The number of nitrogens with zero attached hydrogens (tertiary/aromatic N) is 1. The Labute approximate surface area is 89.9 Å². The Hall–Kier alpha value is -1.00. The second-order valence-corrected chi connectivity index (χ2v) is 4.03. The molecule has 0 aromatic heterocycles. The fourth-order valence-electron chi connectivity index (χ4n) is 2.06. The first-order chi connectivity index (χ1) is 7.31. The summed E-state index contributed by atoms with van der Waals surface area (Å²) in [4.78, 5) is 2.18. The number of allylic oxidation sites excluding steroid dienone is 2. The summed E-state index contributed by atoms with van der Waals surface area (Å²) in [5, 5.41) is 22.2. The molecule has 0 unspecified atom stereocenters. The van der Waals surface area contributed by atoms with Gasteiger partial charge in [0.25, 0.3) is 0 Å². The van der Waals surface area contributed by atoms with Gasteiger partial charge in [-0.1, -0.05) is 0 Å². The standard InChI is InChI=1S/C11H18N2O2/c14-8-9-1-2-11(15)10(7-9)13-5-3-12-4-6-13/h7,12,14-15H,1-6,8H2. The molecule has 0 spiro atoms. The molecule has 0 atom stereocenters. The smallest absolute Gasteiger partial charge is 0.116 e. The van der Waals surface area contributed by atoms with E-state index in [2.05, 4.69) is 10.2 Å². The van der Waals surface area contributed by atoms with Gasteiger partial charge in [-0.3, -0.25) is 0 Å². The fourth-order valence-corrected chi connectivity index (χ4v) is 2.06. The number of aliphatic hydroxyl groups excluding tert-OH is 2. The van der Waals surface area contributed by atoms with Gasteiger partial charge in [-0.05, 0) is 18.1 Å². The van der Waals surface area contributed by atoms with Gasteiger partial charge in [-0.15, -0.1) is 0 Å². The third-order valence-electron chi connectivity index (χ3n) is 2.98. The molecule has 2 rings (SSSR count). The van der Waals surface area contributed by atoms with Gasteiger partial charge in [0.1, 0.15) is 5.76 Å². The molecule has 15 heavy (non-hydrogen) atoms. The molecule has 0 radical (unpaired) electrons. The number of hydrogen-bond donors (Lipinski definition) is 3. The van der Waals surface area contributed by atoms with E-state index in [9.17, 15) is 5.11 Å². The van der Waals surface area contributed by atoms with Gasteiger partial charge in [-0.2, -0.15) is 0 Å². The van der Waals surface area contributed by atoms with E-state index in [0.717, 1.165) is 43.9 Å². The summed E-state index contributed by atoms with van der Waals surface area (Å²) in [7, 11) is 0. The largest absolute Gasteiger partial charge is 0.510 e. The lowest BCUT2D eigenvalue weighted by molar-refractivity contribution is 0.268. The average molecular weight is 210 g/mol. The molecule has 4 nitrogen and oxygen atoms in total. The molecule has 84 valence electrons. The molecule has 0 saturated carbocycles. The third-order valence-corrected chi connectivity index (χ3v) is 2.98. The maximum Gasteiger partial charge on any atom is 0.116 e. The number of rotatable bonds is 2. The minimum Gasteiger partial charge on any atom is -0.510 e. The highest BCUT2D eigenvalue weighted by molar-refractivity contribution is 5.30. The van der Waals surface area contributed by atoms with Crippen LogP contribution < -0.4 is 5.32 Å². The first kappa shape index (κ1) is 10.5. The fraction of sp³-hybridized carbons (Fsp3) is 0.636. The van der Waals surface area contributed by atoms with Gasteiger partial charge in [0, 0.05) is 32.6 Å². The SMILES string of the molecule is OCC1=CC(N2CCNCC2)=C(O)CC1. The van der Waals surface area contributed by atoms with Crippen molar-refractivity contribution in [2.24, 2.45) is 0 Å². The van der Waals surface area contributed by atoms with E-state index in [-0.39, 0.29) is 6.61 Å². The van der Waals surface area contributed by atoms with Gasteiger partial charge in [0.2, 0.25) is 0 Å². The van der Waals surface area contributed by atoms with Crippen LogP contribution in [0.25, 0.3) is 0 Å². The van der Waals surface area contributed by atoms with Crippen molar-refractivity contribution in [2.75, 3.05) is 32.8 Å². The first-order valence-corrected chi connectivity index (χ1v) is 5.49. The number of aliphatic hydroxyl groups is 2. The van der Waals surface area contributed by atoms with Crippen molar-refractivity contribution in [3.8, 4) is 0 Å². The summed E-state index contributed by atoms with van der Waals surface area (Å²) in [6.45, 7) is 3.87. The Kier molecular flexibility index (Phi) is 3.28. The molecule has 0 bridgehead atoms. The molecular weight excluding hydrogens is 192 g/mol. The third kappa shape index (κ3) is 2.33. The second kappa shape index (κ2) is 4.68. The van der Waals surface area contributed by atoms with Crippen LogP contribution in [0.15, 0.2) is 23.1 Å². The van der Waals surface area contributed by atoms with Crippen molar-refractivity contribution in [3.05, 3.63) is 23.1 Å². The molecule has 1 aliphatic heterocycles. The zero-order chi connectivity index (χ0) is 10.7. The molecule has 0 aromatic carbocycles. The van der Waals surface area contributed by atoms with Gasteiger partial charge < -0.3 is 20.4 Å². The van der Waals surface area contributed by atoms with Crippen LogP contribution in [0.3, 0.4) is 0 Å². The lowest BCUT2D eigenvalue weighted by atomic mass is 10.0. The predicted molar refractivity (Wildman–Crippen MR) is 58.5 cm³/mol. The van der Waals surface area contributed by atoms with E-state index in [1.54, 1.807) is 0 Å². The molecule has 4 heteroatoms. The predicted octanol–water partition coefficient (Wildman–Crippen LogP) is 0.374. The van der Waals surface area contributed by atoms with Crippen LogP contribution in [0.5, 0.6) is 0 Å². The van der Waals surface area contributed by atoms with Crippen molar-refractivity contribution in [3.63, 3.8) is 0 Å². The average Bonchev–Trinajstić information content (AvgIpc) is 2.31. The second-order valence-electron chi connectivity index (χ2n) is 4.03. The van der Waals surface area contributed by atoms with Crippen LogP contribution in [0.4, 0.5) is 0 Å². The highest BCUT2D eigenvalue weighted by Gasteiger charge is 2.19. The van der Waals surface area contributed by atoms with Gasteiger partial charge in [0.05, 0.1) is 12.3 Å². The van der Waals surface area contributed by atoms with Crippen LogP contribution in [0.2, 0.25) is 0 Å². The zero-order valence-corrected chi connectivity index (χ0v) is 8.87. The molecule has 3 N–H and O–H groups in total. The van der Waals surface area contributed by atoms with Crippen LogP contribution in [-0.2, 0) is 0 Å². The van der Waals surface area contributed by atoms with Crippen molar-refractivity contribution in [2.45, 2.75) is 12.8 Å². The van der Waals surface area contributed by atoms with E-state index >= 15 is 0 Å². The van der Waals surface area contributed by atoms with Gasteiger partial charge in [-0.25, -0.2) is 0 Å². The van der Waals surface area contributed by atoms with Crippen LogP contribution in [-0.4, -0.2) is 47.9 Å². The van der Waals surface area contributed by atoms with E-state index in [4.69, 9.17) is 5.11 Å². The van der Waals surface area contributed by atoms with Gasteiger partial charge >= 0.3 is 0 Å². The van der Waals surface area contributed by atoms with E-state index in [1.165, 1.54) is 0 Å². The molecule has 1 fully saturated rings. The Morgan fingerprint density at radius 1 is 1.27 bits per heavy atom. The Morgan fingerprint density at radius 2 is 2.00 bits per heavy atom. The van der Waals surface area contributed by atoms with Crippen molar-refractivity contribution < 1.29 is 10.2 Å². The van der Waals surface area contributed by atoms with Crippen molar-refractivity contribution >= 4 is 0 Å². The summed E-state index contributed by atoms with van der Waals surface area (Å²) in [6.07, 6.45) is 3.37. The molecule has 0 amide bonds. The lowest BCUT2D eigenvalue weighted by Gasteiger charge is -2.32. The molecule has 1 heterocycles. The van der Waals surface area contributed by atoms with Crippen molar-refractivity contribution in [1.29, 1.82) is 0 Å². The summed E-state index contributed by atoms with van der Waals surface area (Å²) in [5.41, 5.74) is 1.92. The molecule has 1 saturated heterocycles. The summed E-state index contributed by atoms with van der Waals surface area (Å²) >= 11 is 0. The van der Waals surface area contributed by atoms with Crippen molar-refractivity contribution in [1.82, 2.24) is 10.2 Å². The number of hydrogen-bond acceptors (Lipinski definition) is 4. The summed E-state index contributed by atoms with van der Waals surface area (Å²) < 4.78 is 0. The first-order valence-electron chi connectivity index (χ1n) is 5.49. The quantitative estimate of drug-likeness (QED) is 0.616. The maximum absolute atomic E-state index is 9.83. The van der Waals surface area contributed by atoms with E-state index in [0.29, 0.717) is 12.2 Å². The Balaban J connectivity index is 2.14. The summed E-state index contributed by atoms with van der Waals surface area (Å²) in [6, 6.07) is 0. The maximum atomic E-state index is 9.83. The molecule has 0 aromatic rings. The van der Waals surface area contributed by atoms with E-state index in [1.807, 2.05) is 6.08 Å². The van der Waals surface area contributed by atoms with Gasteiger partial charge in [0.15, 0.2) is 0 Å². The summed E-state index contributed by atoms with van der Waals surface area (Å²) in [5.74, 6) is 0.467. The van der Waals surface area contributed by atoms with E-state index < -0.39 is 0 Å². The molecule has 2 aliphatic rings. The monoisotopic (exact) mass is 210 g/mol. The topological polar surface area (TPSA) is 55.7 Å². The Morgan fingerprint density at radius 3 is 2.67 bits per heavy atom. The molecular formula is C11H18N2O2. The van der Waals surface area contributed by atoms with Crippen LogP contribution in [0, 0.1) is 0 Å². The molecule has 1 aliphatic carbocycles. The van der Waals surface area contributed by atoms with Crippen LogP contribution >= 0.6 is 0 Å².